The van der Waals surface area contributed by atoms with Crippen LogP contribution in [0.5, 0.6) is 0 Å². The molecule has 2 aliphatic rings. The zero-order chi connectivity index (χ0) is 19.3. The molecule has 5 rings (SSSR count). The molecule has 8 heteroatoms. The third-order valence-electron chi connectivity index (χ3n) is 5.77. The number of rotatable bonds is 2. The van der Waals surface area contributed by atoms with E-state index in [1.165, 1.54) is 0 Å². The van der Waals surface area contributed by atoms with Gasteiger partial charge in [-0.25, -0.2) is 15.0 Å². The van der Waals surface area contributed by atoms with E-state index in [0.717, 1.165) is 53.3 Å². The molecule has 144 valence electrons. The highest BCUT2D eigenvalue weighted by atomic mass is 35.5. The van der Waals surface area contributed by atoms with Crippen LogP contribution in [0.25, 0.3) is 11.0 Å². The normalized spacial score (nSPS) is 19.9. The van der Waals surface area contributed by atoms with Crippen LogP contribution in [-0.4, -0.2) is 44.9 Å². The van der Waals surface area contributed by atoms with Crippen molar-refractivity contribution in [2.75, 3.05) is 22.9 Å². The van der Waals surface area contributed by atoms with E-state index in [-0.39, 0.29) is 6.04 Å². The lowest BCUT2D eigenvalue weighted by Crippen LogP contribution is -2.41. The van der Waals surface area contributed by atoms with Gasteiger partial charge in [-0.05, 0) is 19.1 Å². The van der Waals surface area contributed by atoms with Gasteiger partial charge in [-0.3, -0.25) is 4.79 Å². The minimum atomic E-state index is 0.273. The predicted octanol–water partition coefficient (Wildman–Crippen LogP) is 3.13. The van der Waals surface area contributed by atoms with Crippen molar-refractivity contribution < 1.29 is 4.79 Å². The number of hydrogen-bond donors (Lipinski definition) is 1. The van der Waals surface area contributed by atoms with Gasteiger partial charge in [-0.2, -0.15) is 0 Å². The van der Waals surface area contributed by atoms with Crippen molar-refractivity contribution >= 4 is 39.9 Å². The molecule has 1 atom stereocenters. The summed E-state index contributed by atoms with van der Waals surface area (Å²) in [7, 11) is 0. The van der Waals surface area contributed by atoms with Gasteiger partial charge in [0.25, 0.3) is 0 Å². The Kier molecular flexibility index (Phi) is 4.19. The predicted molar refractivity (Wildman–Crippen MR) is 109 cm³/mol. The Balaban J connectivity index is 1.55. The lowest BCUT2D eigenvalue weighted by molar-refractivity contribution is -0.119. The first-order valence-electron chi connectivity index (χ1n) is 9.60. The number of ketones is 1. The number of anilines is 2. The number of aromatic nitrogens is 4. The molecule has 1 saturated heterocycles. The topological polar surface area (TPSA) is 78.0 Å². The minimum absolute atomic E-state index is 0.273. The molecule has 3 aromatic rings. The average Bonchev–Trinajstić information content (AvgIpc) is 3.15. The molecule has 0 bridgehead atoms. The number of H-pyrrole nitrogens is 1. The van der Waals surface area contributed by atoms with Crippen molar-refractivity contribution in [3.8, 4) is 0 Å². The SMILES string of the molecule is C[C@@H]1Cc2ncnc(N3CCC(=O)CC3)c2CN1c1cc(Cl)nc2[nH]ccc12. The molecule has 0 spiro atoms. The van der Waals surface area contributed by atoms with Crippen LogP contribution in [0.2, 0.25) is 5.15 Å². The molecule has 2 aliphatic heterocycles. The third-order valence-corrected chi connectivity index (χ3v) is 5.96. The van der Waals surface area contributed by atoms with Crippen LogP contribution < -0.4 is 9.80 Å². The maximum absolute atomic E-state index is 11.7. The number of piperidine rings is 1. The molecule has 3 aromatic heterocycles. The number of carbonyl (C=O) groups is 1. The third kappa shape index (κ3) is 2.90. The number of nitrogens with one attached hydrogen (secondary N) is 1. The van der Waals surface area contributed by atoms with E-state index in [4.69, 9.17) is 11.6 Å². The quantitative estimate of drug-likeness (QED) is 0.670. The first-order chi connectivity index (χ1) is 13.6. The van der Waals surface area contributed by atoms with Gasteiger partial charge in [-0.15, -0.1) is 0 Å². The van der Waals surface area contributed by atoms with E-state index < -0.39 is 0 Å². The van der Waals surface area contributed by atoms with E-state index >= 15 is 0 Å². The fourth-order valence-corrected chi connectivity index (χ4v) is 4.47. The van der Waals surface area contributed by atoms with Crippen LogP contribution >= 0.6 is 11.6 Å². The first-order valence-corrected chi connectivity index (χ1v) is 9.97. The summed E-state index contributed by atoms with van der Waals surface area (Å²) in [6.07, 6.45) is 5.55. The van der Waals surface area contributed by atoms with E-state index in [0.29, 0.717) is 30.3 Å². The van der Waals surface area contributed by atoms with Gasteiger partial charge in [0.2, 0.25) is 0 Å². The molecule has 1 fully saturated rings. The standard InChI is InChI=1S/C20H21ClN6O/c1-12-8-16-15(20(24-11-23-16)26-6-3-13(28)4-7-26)10-27(12)17-9-18(21)25-19-14(17)2-5-22-19/h2,5,9,11-12H,3-4,6-8,10H2,1H3,(H,22,25)/t12-/m1/s1. The Labute approximate surface area is 167 Å². The number of aromatic amines is 1. The first kappa shape index (κ1) is 17.4. The molecular weight excluding hydrogens is 376 g/mol. The minimum Gasteiger partial charge on any atom is -0.363 e. The zero-order valence-corrected chi connectivity index (χ0v) is 16.4. The summed E-state index contributed by atoms with van der Waals surface area (Å²) in [6.45, 7) is 4.36. The van der Waals surface area contributed by atoms with Crippen molar-refractivity contribution in [2.45, 2.75) is 38.8 Å². The van der Waals surface area contributed by atoms with E-state index in [2.05, 4.69) is 36.7 Å². The molecule has 0 aromatic carbocycles. The van der Waals surface area contributed by atoms with Gasteiger partial charge in [0.15, 0.2) is 0 Å². The second-order valence-electron chi connectivity index (χ2n) is 7.53. The molecule has 0 unspecified atom stereocenters. The van der Waals surface area contributed by atoms with E-state index in [1.54, 1.807) is 6.33 Å². The number of hydrogen-bond acceptors (Lipinski definition) is 6. The van der Waals surface area contributed by atoms with Crippen LogP contribution in [0.15, 0.2) is 24.7 Å². The van der Waals surface area contributed by atoms with Crippen LogP contribution in [0, 0.1) is 0 Å². The van der Waals surface area contributed by atoms with E-state index in [9.17, 15) is 4.79 Å². The number of nitrogens with zero attached hydrogens (tertiary/aromatic N) is 5. The second-order valence-corrected chi connectivity index (χ2v) is 7.92. The number of Topliss-reactive ketones (excluding diaryl/α,β-unsaturated/α-hetero) is 1. The second kappa shape index (κ2) is 6.74. The molecular formula is C20H21ClN6O. The fourth-order valence-electron chi connectivity index (χ4n) is 4.28. The summed E-state index contributed by atoms with van der Waals surface area (Å²) < 4.78 is 0. The summed E-state index contributed by atoms with van der Waals surface area (Å²) in [5.74, 6) is 1.29. The van der Waals surface area contributed by atoms with Crippen LogP contribution in [0.3, 0.4) is 0 Å². The molecule has 5 heterocycles. The van der Waals surface area contributed by atoms with Crippen LogP contribution in [-0.2, 0) is 17.8 Å². The maximum Gasteiger partial charge on any atom is 0.141 e. The monoisotopic (exact) mass is 396 g/mol. The van der Waals surface area contributed by atoms with Gasteiger partial charge >= 0.3 is 0 Å². The van der Waals surface area contributed by atoms with Crippen LogP contribution in [0.1, 0.15) is 31.0 Å². The van der Waals surface area contributed by atoms with E-state index in [1.807, 2.05) is 18.3 Å². The Hall–Kier alpha value is -2.67. The van der Waals surface area contributed by atoms with Crippen molar-refractivity contribution in [3.05, 3.63) is 41.1 Å². The van der Waals surface area contributed by atoms with Crippen molar-refractivity contribution in [1.29, 1.82) is 0 Å². The van der Waals surface area contributed by atoms with Gasteiger partial charge in [0.1, 0.15) is 28.7 Å². The fraction of sp³-hybridized carbons (Fsp3) is 0.400. The molecule has 7 nitrogen and oxygen atoms in total. The highest BCUT2D eigenvalue weighted by Gasteiger charge is 2.30. The van der Waals surface area contributed by atoms with Crippen LogP contribution in [0.4, 0.5) is 11.5 Å². The van der Waals surface area contributed by atoms with Gasteiger partial charge in [0, 0.05) is 62.1 Å². The molecule has 0 saturated carbocycles. The molecule has 0 aliphatic carbocycles. The highest BCUT2D eigenvalue weighted by molar-refractivity contribution is 6.30. The Bertz CT molecular complexity index is 1050. The average molecular weight is 397 g/mol. The van der Waals surface area contributed by atoms with Crippen molar-refractivity contribution in [3.63, 3.8) is 0 Å². The Morgan fingerprint density at radius 1 is 1.25 bits per heavy atom. The number of carbonyl (C=O) groups excluding carboxylic acids is 1. The van der Waals surface area contributed by atoms with Crippen molar-refractivity contribution in [1.82, 2.24) is 19.9 Å². The lowest BCUT2D eigenvalue weighted by Gasteiger charge is -2.38. The Morgan fingerprint density at radius 2 is 2.07 bits per heavy atom. The van der Waals surface area contributed by atoms with Gasteiger partial charge in [-0.1, -0.05) is 11.6 Å². The van der Waals surface area contributed by atoms with Crippen molar-refractivity contribution in [2.24, 2.45) is 0 Å². The smallest absolute Gasteiger partial charge is 0.141 e. The van der Waals surface area contributed by atoms with Gasteiger partial charge < -0.3 is 14.8 Å². The maximum atomic E-state index is 11.7. The van der Waals surface area contributed by atoms with Gasteiger partial charge in [0.05, 0.1) is 11.4 Å². The number of halogens is 1. The highest BCUT2D eigenvalue weighted by Crippen LogP contribution is 2.36. The summed E-state index contributed by atoms with van der Waals surface area (Å²) in [4.78, 5) is 32.9. The lowest BCUT2D eigenvalue weighted by atomic mass is 9.98. The molecule has 28 heavy (non-hydrogen) atoms. The molecule has 1 N–H and O–H groups in total. The molecule has 0 amide bonds. The largest absolute Gasteiger partial charge is 0.363 e. The number of pyridine rings is 1. The Morgan fingerprint density at radius 3 is 2.89 bits per heavy atom. The number of fused-ring (bicyclic) bond motifs is 2. The zero-order valence-electron chi connectivity index (χ0n) is 15.7. The summed E-state index contributed by atoms with van der Waals surface area (Å²) in [5, 5.41) is 1.53. The molecule has 0 radical (unpaired) electrons. The summed E-state index contributed by atoms with van der Waals surface area (Å²) in [6, 6.07) is 4.24. The summed E-state index contributed by atoms with van der Waals surface area (Å²) >= 11 is 6.29. The summed E-state index contributed by atoms with van der Waals surface area (Å²) in [5.41, 5.74) is 4.10.